The van der Waals surface area contributed by atoms with Gasteiger partial charge < -0.3 is 10.4 Å². The first-order valence-corrected chi connectivity index (χ1v) is 8.51. The SMILES string of the molecule is CNCC#C[C@@]1(O)C2=NS(=O)(=O)C[C@]23CC[C@H]1C3(C)C. The lowest BCUT2D eigenvalue weighted by Gasteiger charge is -2.33. The van der Waals surface area contributed by atoms with Crippen LogP contribution in [0.3, 0.4) is 0 Å². The van der Waals surface area contributed by atoms with E-state index in [-0.39, 0.29) is 17.1 Å². The minimum absolute atomic E-state index is 0.0227. The minimum atomic E-state index is -3.48. The molecule has 6 heteroatoms. The average molecular weight is 296 g/mol. The molecule has 2 bridgehead atoms. The van der Waals surface area contributed by atoms with E-state index in [2.05, 4.69) is 21.6 Å². The fraction of sp³-hybridized carbons (Fsp3) is 0.786. The molecule has 5 nitrogen and oxygen atoms in total. The molecule has 0 aromatic rings. The Bertz CT molecular complexity index is 656. The fourth-order valence-electron chi connectivity index (χ4n) is 4.47. The summed E-state index contributed by atoms with van der Waals surface area (Å²) in [5.74, 6) is 5.76. The fourth-order valence-corrected chi connectivity index (χ4v) is 6.40. The first-order chi connectivity index (χ1) is 9.20. The zero-order valence-electron chi connectivity index (χ0n) is 12.0. The molecule has 0 unspecified atom stereocenters. The number of hydrogen-bond donors (Lipinski definition) is 2. The van der Waals surface area contributed by atoms with Gasteiger partial charge in [-0.1, -0.05) is 25.7 Å². The van der Waals surface area contributed by atoms with Crippen LogP contribution in [0.15, 0.2) is 4.40 Å². The second-order valence-corrected chi connectivity index (χ2v) is 8.29. The third kappa shape index (κ3) is 1.46. The molecule has 3 rings (SSSR count). The molecule has 1 spiro atoms. The molecule has 2 saturated carbocycles. The van der Waals surface area contributed by atoms with E-state index in [0.29, 0.717) is 12.3 Å². The van der Waals surface area contributed by atoms with Gasteiger partial charge in [0.05, 0.1) is 18.0 Å². The van der Waals surface area contributed by atoms with Gasteiger partial charge in [0.25, 0.3) is 10.0 Å². The Kier molecular flexibility index (Phi) is 2.70. The molecular formula is C14H20N2O3S. The van der Waals surface area contributed by atoms with Crippen LogP contribution in [0.5, 0.6) is 0 Å². The van der Waals surface area contributed by atoms with Crippen molar-refractivity contribution in [3.8, 4) is 11.8 Å². The molecule has 2 aliphatic carbocycles. The zero-order valence-corrected chi connectivity index (χ0v) is 12.8. The van der Waals surface area contributed by atoms with Gasteiger partial charge in [-0.3, -0.25) is 0 Å². The largest absolute Gasteiger partial charge is 0.372 e. The summed E-state index contributed by atoms with van der Waals surface area (Å²) in [5, 5.41) is 13.9. The van der Waals surface area contributed by atoms with Crippen molar-refractivity contribution in [1.29, 1.82) is 0 Å². The van der Waals surface area contributed by atoms with Gasteiger partial charge in [0, 0.05) is 11.3 Å². The van der Waals surface area contributed by atoms with Crippen molar-refractivity contribution < 1.29 is 13.5 Å². The van der Waals surface area contributed by atoms with Crippen LogP contribution in [0.2, 0.25) is 0 Å². The number of hydrogen-bond acceptors (Lipinski definition) is 4. The highest BCUT2D eigenvalue weighted by Gasteiger charge is 2.75. The maximum atomic E-state index is 12.0. The number of rotatable bonds is 1. The van der Waals surface area contributed by atoms with Gasteiger partial charge in [0.2, 0.25) is 0 Å². The summed E-state index contributed by atoms with van der Waals surface area (Å²) in [4.78, 5) is 0. The summed E-state index contributed by atoms with van der Waals surface area (Å²) in [6.45, 7) is 4.54. The van der Waals surface area contributed by atoms with E-state index in [9.17, 15) is 13.5 Å². The molecule has 2 fully saturated rings. The number of aliphatic hydroxyl groups is 1. The van der Waals surface area contributed by atoms with Crippen LogP contribution in [-0.4, -0.2) is 44.2 Å². The van der Waals surface area contributed by atoms with Crippen molar-refractivity contribution >= 4 is 15.7 Å². The molecular weight excluding hydrogens is 276 g/mol. The van der Waals surface area contributed by atoms with Gasteiger partial charge in [0.15, 0.2) is 5.60 Å². The van der Waals surface area contributed by atoms with E-state index in [1.54, 1.807) is 7.05 Å². The summed E-state index contributed by atoms with van der Waals surface area (Å²) >= 11 is 0. The van der Waals surface area contributed by atoms with Crippen LogP contribution in [-0.2, 0) is 10.0 Å². The number of nitrogens with zero attached hydrogens (tertiary/aromatic N) is 1. The highest BCUT2D eigenvalue weighted by Crippen LogP contribution is 2.69. The van der Waals surface area contributed by atoms with Crippen LogP contribution < -0.4 is 5.32 Å². The normalized spacial score (nSPS) is 42.8. The molecule has 0 radical (unpaired) electrons. The first-order valence-electron chi connectivity index (χ1n) is 6.90. The zero-order chi connectivity index (χ0) is 14.8. The topological polar surface area (TPSA) is 78.8 Å². The van der Waals surface area contributed by atoms with Gasteiger partial charge in [-0.15, -0.1) is 0 Å². The Morgan fingerprint density at radius 3 is 2.85 bits per heavy atom. The Hall–Kier alpha value is -0.900. The second-order valence-electron chi connectivity index (χ2n) is 6.66. The third-order valence-electron chi connectivity index (χ3n) is 5.49. The highest BCUT2D eigenvalue weighted by atomic mass is 32.2. The molecule has 3 atom stereocenters. The van der Waals surface area contributed by atoms with Crippen LogP contribution >= 0.6 is 0 Å². The standard InChI is InChI=1S/C14H20N2O3S/c1-12(2)10-5-7-13(12)9-20(18,19)16-11(13)14(10,17)6-4-8-15-3/h10,15,17H,5,7-9H2,1-3H3/t10-,13+,14-/m0/s1. The average Bonchev–Trinajstić information content (AvgIpc) is 2.79. The predicted octanol–water partition coefficient (Wildman–Crippen LogP) is 0.161. The predicted molar refractivity (Wildman–Crippen MR) is 76.8 cm³/mol. The van der Waals surface area contributed by atoms with E-state index in [1.807, 2.05) is 13.8 Å². The molecule has 110 valence electrons. The molecule has 3 aliphatic rings. The summed E-state index contributed by atoms with van der Waals surface area (Å²) in [6, 6.07) is 0. The van der Waals surface area contributed by atoms with Crippen molar-refractivity contribution in [2.24, 2.45) is 21.1 Å². The molecule has 1 aliphatic heterocycles. The van der Waals surface area contributed by atoms with E-state index in [4.69, 9.17) is 0 Å². The smallest absolute Gasteiger partial charge is 0.254 e. The van der Waals surface area contributed by atoms with E-state index >= 15 is 0 Å². The Labute approximate surface area is 119 Å². The van der Waals surface area contributed by atoms with Gasteiger partial charge in [-0.05, 0) is 25.3 Å². The van der Waals surface area contributed by atoms with E-state index < -0.39 is 21.0 Å². The molecule has 0 aromatic heterocycles. The third-order valence-corrected chi connectivity index (χ3v) is 6.80. The first kappa shape index (κ1) is 14.1. The lowest BCUT2D eigenvalue weighted by Crippen LogP contribution is -2.45. The number of sulfonamides is 1. The van der Waals surface area contributed by atoms with Crippen LogP contribution in [0, 0.1) is 28.6 Å². The molecule has 0 saturated heterocycles. The summed E-state index contributed by atoms with van der Waals surface area (Å²) in [7, 11) is -1.70. The van der Waals surface area contributed by atoms with Gasteiger partial charge in [-0.2, -0.15) is 4.40 Å². The lowest BCUT2D eigenvalue weighted by molar-refractivity contribution is 0.0668. The maximum absolute atomic E-state index is 12.0. The summed E-state index contributed by atoms with van der Waals surface area (Å²) in [5.41, 5.74) is -1.81. The number of fused-ring (bicyclic) bond motifs is 1. The van der Waals surface area contributed by atoms with Gasteiger partial charge in [-0.25, -0.2) is 8.42 Å². The number of nitrogens with one attached hydrogen (secondary N) is 1. The van der Waals surface area contributed by atoms with E-state index in [0.717, 1.165) is 12.8 Å². The molecule has 0 amide bonds. The van der Waals surface area contributed by atoms with Gasteiger partial charge in [0.1, 0.15) is 0 Å². The molecule has 2 N–H and O–H groups in total. The highest BCUT2D eigenvalue weighted by molar-refractivity contribution is 7.90. The molecule has 20 heavy (non-hydrogen) atoms. The van der Waals surface area contributed by atoms with E-state index in [1.165, 1.54) is 0 Å². The van der Waals surface area contributed by atoms with Crippen molar-refractivity contribution in [2.45, 2.75) is 32.3 Å². The van der Waals surface area contributed by atoms with Gasteiger partial charge >= 0.3 is 0 Å². The molecule has 0 aromatic carbocycles. The quantitative estimate of drug-likeness (QED) is 0.676. The Morgan fingerprint density at radius 1 is 1.50 bits per heavy atom. The monoisotopic (exact) mass is 296 g/mol. The maximum Gasteiger partial charge on any atom is 0.254 e. The van der Waals surface area contributed by atoms with Crippen LogP contribution in [0.4, 0.5) is 0 Å². The Balaban J connectivity index is 2.18. The summed E-state index contributed by atoms with van der Waals surface area (Å²) < 4.78 is 27.8. The Morgan fingerprint density at radius 2 is 2.20 bits per heavy atom. The minimum Gasteiger partial charge on any atom is -0.372 e. The van der Waals surface area contributed by atoms with Crippen molar-refractivity contribution in [2.75, 3.05) is 19.3 Å². The molecule has 1 heterocycles. The van der Waals surface area contributed by atoms with Crippen LogP contribution in [0.25, 0.3) is 0 Å². The lowest BCUT2D eigenvalue weighted by atomic mass is 9.70. The van der Waals surface area contributed by atoms with Crippen molar-refractivity contribution in [3.05, 3.63) is 0 Å². The van der Waals surface area contributed by atoms with Crippen molar-refractivity contribution in [3.63, 3.8) is 0 Å². The summed E-state index contributed by atoms with van der Waals surface area (Å²) in [6.07, 6.45) is 1.57. The second kappa shape index (κ2) is 3.85. The van der Waals surface area contributed by atoms with Crippen molar-refractivity contribution in [1.82, 2.24) is 5.32 Å². The van der Waals surface area contributed by atoms with Crippen LogP contribution in [0.1, 0.15) is 26.7 Å².